The van der Waals surface area contributed by atoms with Gasteiger partial charge in [-0.05, 0) is 12.1 Å². The van der Waals surface area contributed by atoms with Gasteiger partial charge in [-0.15, -0.1) is 0 Å². The maximum absolute atomic E-state index is 13.2. The van der Waals surface area contributed by atoms with Crippen molar-refractivity contribution < 1.29 is 23.8 Å². The summed E-state index contributed by atoms with van der Waals surface area (Å²) in [5.41, 5.74) is 9.63. The Morgan fingerprint density at radius 3 is 2.68 bits per heavy atom. The molecule has 1 amide bonds. The molecule has 0 spiro atoms. The quantitative estimate of drug-likeness (QED) is 0.409. The van der Waals surface area contributed by atoms with Crippen LogP contribution in [0, 0.1) is 5.82 Å². The summed E-state index contributed by atoms with van der Waals surface area (Å²) in [5.74, 6) is -2.73. The number of primary amides is 1. The molecule has 0 unspecified atom stereocenters. The highest BCUT2D eigenvalue weighted by Crippen LogP contribution is 2.24. The number of ether oxygens (including phenoxy) is 1. The monoisotopic (exact) mass is 271 g/mol. The summed E-state index contributed by atoms with van der Waals surface area (Å²) in [7, 11) is 0. The van der Waals surface area contributed by atoms with Gasteiger partial charge in [-0.1, -0.05) is 0 Å². The Morgan fingerprint density at radius 1 is 1.42 bits per heavy atom. The fourth-order valence-corrected chi connectivity index (χ4v) is 1.40. The van der Waals surface area contributed by atoms with E-state index in [1.54, 1.807) is 0 Å². The summed E-state index contributed by atoms with van der Waals surface area (Å²) < 4.78 is 18.0. The van der Waals surface area contributed by atoms with E-state index in [-0.39, 0.29) is 31.0 Å². The molecule has 0 heterocycles. The Bertz CT molecular complexity index is 493. The summed E-state index contributed by atoms with van der Waals surface area (Å²) >= 11 is 0. The Kier molecular flexibility index (Phi) is 5.07. The van der Waals surface area contributed by atoms with E-state index in [1.807, 2.05) is 0 Å². The summed E-state index contributed by atoms with van der Waals surface area (Å²) in [6.07, 6.45) is 0. The smallest absolute Gasteiger partial charge is 0.340 e. The number of amides is 1. The van der Waals surface area contributed by atoms with Gasteiger partial charge in [-0.2, -0.15) is 0 Å². The molecule has 0 bridgehead atoms. The molecule has 0 saturated carbocycles. The number of carbonyl (C=O) groups is 2. The average molecular weight is 271 g/mol. The van der Waals surface area contributed by atoms with Gasteiger partial charge in [-0.3, -0.25) is 4.79 Å². The molecule has 8 heteroatoms. The van der Waals surface area contributed by atoms with Crippen molar-refractivity contribution in [2.75, 3.05) is 30.8 Å². The molecule has 1 aromatic rings. The van der Waals surface area contributed by atoms with Gasteiger partial charge in [0.25, 0.3) is 0 Å². The van der Waals surface area contributed by atoms with Gasteiger partial charge in [0.15, 0.2) is 0 Å². The molecule has 1 rings (SSSR count). The number of nitrogen functional groups attached to an aromatic ring is 1. The first-order valence-corrected chi connectivity index (χ1v) is 5.34. The number of carboxylic acid groups (broad SMARTS) is 1. The Morgan fingerprint density at radius 2 is 2.11 bits per heavy atom. The predicted molar refractivity (Wildman–Crippen MR) is 66.3 cm³/mol. The highest BCUT2D eigenvalue weighted by Gasteiger charge is 2.17. The minimum atomic E-state index is -1.34. The number of rotatable bonds is 7. The van der Waals surface area contributed by atoms with Gasteiger partial charge in [0.2, 0.25) is 5.91 Å². The maximum atomic E-state index is 13.2. The van der Waals surface area contributed by atoms with Crippen LogP contribution in [0.4, 0.5) is 15.8 Å². The van der Waals surface area contributed by atoms with Crippen molar-refractivity contribution in [3.05, 3.63) is 23.5 Å². The fourth-order valence-electron chi connectivity index (χ4n) is 1.40. The number of hydrogen-bond donors (Lipinski definition) is 4. The fraction of sp³-hybridized carbons (Fsp3) is 0.273. The minimum absolute atomic E-state index is 0.138. The Labute approximate surface area is 108 Å². The van der Waals surface area contributed by atoms with Gasteiger partial charge in [0.05, 0.1) is 18.0 Å². The second kappa shape index (κ2) is 6.55. The SMILES string of the molecule is NC(=O)COCCNc1ccc(F)c(N)c1C(=O)O. The van der Waals surface area contributed by atoms with Crippen molar-refractivity contribution >= 4 is 23.3 Å². The molecule has 19 heavy (non-hydrogen) atoms. The van der Waals surface area contributed by atoms with E-state index >= 15 is 0 Å². The van der Waals surface area contributed by atoms with Crippen LogP contribution in [0.1, 0.15) is 10.4 Å². The second-order valence-electron chi connectivity index (χ2n) is 3.63. The molecular formula is C11H14FN3O4. The van der Waals surface area contributed by atoms with Crippen molar-refractivity contribution in [1.29, 1.82) is 0 Å². The zero-order valence-electron chi connectivity index (χ0n) is 9.98. The molecule has 1 aromatic carbocycles. The number of halogens is 1. The molecule has 0 aliphatic rings. The zero-order valence-corrected chi connectivity index (χ0v) is 9.98. The first kappa shape index (κ1) is 14.7. The van der Waals surface area contributed by atoms with Crippen molar-refractivity contribution in [2.24, 2.45) is 5.73 Å². The van der Waals surface area contributed by atoms with E-state index in [1.165, 1.54) is 6.07 Å². The molecular weight excluding hydrogens is 257 g/mol. The molecule has 7 nitrogen and oxygen atoms in total. The lowest BCUT2D eigenvalue weighted by molar-refractivity contribution is -0.122. The van der Waals surface area contributed by atoms with Crippen LogP contribution in [0.5, 0.6) is 0 Å². The topological polar surface area (TPSA) is 128 Å². The zero-order chi connectivity index (χ0) is 14.4. The van der Waals surface area contributed by atoms with Gasteiger partial charge in [0.1, 0.15) is 18.0 Å². The molecule has 104 valence electrons. The number of anilines is 2. The first-order valence-electron chi connectivity index (χ1n) is 5.34. The highest BCUT2D eigenvalue weighted by molar-refractivity contribution is 6.00. The van der Waals surface area contributed by atoms with Crippen LogP contribution in [-0.4, -0.2) is 36.7 Å². The second-order valence-corrected chi connectivity index (χ2v) is 3.63. The van der Waals surface area contributed by atoms with E-state index < -0.39 is 23.4 Å². The standard InChI is InChI=1S/C11H14FN3O4/c12-6-1-2-7(9(10(6)14)11(17)18)15-3-4-19-5-8(13)16/h1-2,15H,3-5,14H2,(H2,13,16)(H,17,18). The molecule has 0 saturated heterocycles. The van der Waals surface area contributed by atoms with Crippen molar-refractivity contribution in [2.45, 2.75) is 0 Å². The van der Waals surface area contributed by atoms with Crippen LogP contribution < -0.4 is 16.8 Å². The van der Waals surface area contributed by atoms with E-state index in [0.717, 1.165) is 6.07 Å². The first-order chi connectivity index (χ1) is 8.93. The third-order valence-corrected chi connectivity index (χ3v) is 2.21. The number of nitrogens with one attached hydrogen (secondary N) is 1. The van der Waals surface area contributed by atoms with E-state index in [9.17, 15) is 14.0 Å². The maximum Gasteiger partial charge on any atom is 0.340 e. The third-order valence-electron chi connectivity index (χ3n) is 2.21. The third kappa shape index (κ3) is 4.11. The summed E-state index contributed by atoms with van der Waals surface area (Å²) in [4.78, 5) is 21.4. The summed E-state index contributed by atoms with van der Waals surface area (Å²) in [6.45, 7) is 0.136. The summed E-state index contributed by atoms with van der Waals surface area (Å²) in [6, 6.07) is 2.33. The average Bonchev–Trinajstić information content (AvgIpc) is 2.32. The number of benzene rings is 1. The van der Waals surface area contributed by atoms with E-state index in [0.29, 0.717) is 0 Å². The van der Waals surface area contributed by atoms with Crippen LogP contribution >= 0.6 is 0 Å². The lowest BCUT2D eigenvalue weighted by atomic mass is 10.1. The van der Waals surface area contributed by atoms with Gasteiger partial charge >= 0.3 is 5.97 Å². The predicted octanol–water partition coefficient (Wildman–Crippen LogP) is 0.0199. The van der Waals surface area contributed by atoms with E-state index in [2.05, 4.69) is 5.32 Å². The normalized spacial score (nSPS) is 10.2. The molecule has 0 atom stereocenters. The van der Waals surface area contributed by atoms with Gasteiger partial charge in [0, 0.05) is 6.54 Å². The van der Waals surface area contributed by atoms with Crippen LogP contribution in [0.15, 0.2) is 12.1 Å². The minimum Gasteiger partial charge on any atom is -0.478 e. The van der Waals surface area contributed by atoms with Gasteiger partial charge < -0.3 is 26.6 Å². The van der Waals surface area contributed by atoms with Crippen LogP contribution in [0.25, 0.3) is 0 Å². The van der Waals surface area contributed by atoms with Crippen LogP contribution in [0.3, 0.4) is 0 Å². The lowest BCUT2D eigenvalue weighted by Crippen LogP contribution is -2.21. The molecule has 0 fully saturated rings. The molecule has 0 aliphatic carbocycles. The van der Waals surface area contributed by atoms with E-state index in [4.69, 9.17) is 21.3 Å². The number of carbonyl (C=O) groups excluding carboxylic acids is 1. The molecule has 0 aliphatic heterocycles. The lowest BCUT2D eigenvalue weighted by Gasteiger charge is -2.11. The molecule has 6 N–H and O–H groups in total. The summed E-state index contributed by atoms with van der Waals surface area (Å²) in [5, 5.41) is 11.7. The number of hydrogen-bond acceptors (Lipinski definition) is 5. The van der Waals surface area contributed by atoms with Gasteiger partial charge in [-0.25, -0.2) is 9.18 Å². The highest BCUT2D eigenvalue weighted by atomic mass is 19.1. The Hall–Kier alpha value is -2.35. The van der Waals surface area contributed by atoms with Crippen molar-refractivity contribution in [3.8, 4) is 0 Å². The van der Waals surface area contributed by atoms with Crippen LogP contribution in [0.2, 0.25) is 0 Å². The molecule has 0 aromatic heterocycles. The largest absolute Gasteiger partial charge is 0.478 e. The van der Waals surface area contributed by atoms with Crippen molar-refractivity contribution in [1.82, 2.24) is 0 Å². The number of aromatic carboxylic acids is 1. The Balaban J connectivity index is 2.66. The number of nitrogens with two attached hydrogens (primary N) is 2. The number of carboxylic acids is 1. The van der Waals surface area contributed by atoms with Crippen molar-refractivity contribution in [3.63, 3.8) is 0 Å². The molecule has 0 radical (unpaired) electrons. The van der Waals surface area contributed by atoms with Crippen LogP contribution in [-0.2, 0) is 9.53 Å².